The van der Waals surface area contributed by atoms with Gasteiger partial charge in [-0.1, -0.05) is 6.92 Å². The fraction of sp³-hybridized carbons (Fsp3) is 1.00. The van der Waals surface area contributed by atoms with E-state index in [1.165, 1.54) is 0 Å². The number of hydrogen-bond acceptors (Lipinski definition) is 4. The molecule has 0 aromatic carbocycles. The van der Waals surface area contributed by atoms with E-state index in [1.807, 2.05) is 6.26 Å². The van der Waals surface area contributed by atoms with Crippen LogP contribution >= 0.6 is 11.8 Å². The summed E-state index contributed by atoms with van der Waals surface area (Å²) in [5, 5.41) is 0.482. The average molecular weight is 295 g/mol. The van der Waals surface area contributed by atoms with Crippen LogP contribution in [0.1, 0.15) is 26.2 Å². The number of thioether (sulfide) groups is 1. The van der Waals surface area contributed by atoms with Crippen LogP contribution in [0.2, 0.25) is 0 Å². The summed E-state index contributed by atoms with van der Waals surface area (Å²) in [6.45, 7) is 4.46. The van der Waals surface area contributed by atoms with E-state index in [4.69, 9.17) is 5.73 Å². The van der Waals surface area contributed by atoms with Gasteiger partial charge in [-0.3, -0.25) is 0 Å². The normalized spacial score (nSPS) is 21.1. The van der Waals surface area contributed by atoms with Crippen molar-refractivity contribution in [2.75, 3.05) is 32.4 Å². The summed E-state index contributed by atoms with van der Waals surface area (Å²) in [5.74, 6) is 0.480. The van der Waals surface area contributed by atoms with Crippen LogP contribution in [0.4, 0.5) is 0 Å². The van der Waals surface area contributed by atoms with E-state index in [0.29, 0.717) is 37.3 Å². The quantitative estimate of drug-likeness (QED) is 0.722. The molecule has 5 nitrogen and oxygen atoms in total. The highest BCUT2D eigenvalue weighted by atomic mass is 32.2. The second-order valence-corrected chi connectivity index (χ2v) is 7.84. The van der Waals surface area contributed by atoms with E-state index in [2.05, 4.69) is 11.6 Å². The molecule has 0 bridgehead atoms. The molecule has 0 aromatic rings. The summed E-state index contributed by atoms with van der Waals surface area (Å²) in [6, 6.07) is 0. The lowest BCUT2D eigenvalue weighted by Crippen LogP contribution is -2.46. The second kappa shape index (κ2) is 7.69. The molecule has 1 heterocycles. The topological polar surface area (TPSA) is 75.4 Å². The molecule has 18 heavy (non-hydrogen) atoms. The van der Waals surface area contributed by atoms with Gasteiger partial charge in [-0.2, -0.15) is 24.5 Å². The average Bonchev–Trinajstić information content (AvgIpc) is 2.38. The van der Waals surface area contributed by atoms with Gasteiger partial charge in [-0.25, -0.2) is 4.72 Å². The maximum Gasteiger partial charge on any atom is 0.279 e. The molecule has 0 aliphatic carbocycles. The van der Waals surface area contributed by atoms with E-state index in [0.717, 1.165) is 19.3 Å². The van der Waals surface area contributed by atoms with Crippen molar-refractivity contribution in [3.8, 4) is 0 Å². The highest BCUT2D eigenvalue weighted by Crippen LogP contribution is 2.18. The van der Waals surface area contributed by atoms with E-state index >= 15 is 0 Å². The Balaban J connectivity index is 2.35. The minimum atomic E-state index is -3.29. The summed E-state index contributed by atoms with van der Waals surface area (Å²) in [5.41, 5.74) is 5.60. The lowest BCUT2D eigenvalue weighted by Gasteiger charge is -2.30. The van der Waals surface area contributed by atoms with Gasteiger partial charge in [0.1, 0.15) is 0 Å². The van der Waals surface area contributed by atoms with Crippen molar-refractivity contribution in [2.45, 2.75) is 31.4 Å². The maximum absolute atomic E-state index is 12.0. The second-order valence-electron chi connectivity index (χ2n) is 4.81. The van der Waals surface area contributed by atoms with E-state index in [1.54, 1.807) is 16.1 Å². The molecule has 108 valence electrons. The van der Waals surface area contributed by atoms with Crippen LogP contribution < -0.4 is 10.5 Å². The van der Waals surface area contributed by atoms with E-state index < -0.39 is 10.2 Å². The highest BCUT2D eigenvalue weighted by Gasteiger charge is 2.26. The summed E-state index contributed by atoms with van der Waals surface area (Å²) >= 11 is 1.75. The number of hydrogen-bond donors (Lipinski definition) is 2. The molecule has 0 saturated carbocycles. The summed E-state index contributed by atoms with van der Waals surface area (Å²) in [4.78, 5) is 0. The Bertz CT molecular complexity index is 327. The molecule has 1 rings (SSSR count). The third kappa shape index (κ3) is 5.05. The predicted octanol–water partition coefficient (Wildman–Crippen LogP) is 0.633. The first-order valence-electron chi connectivity index (χ1n) is 6.47. The monoisotopic (exact) mass is 295 g/mol. The Morgan fingerprint density at radius 3 is 2.56 bits per heavy atom. The van der Waals surface area contributed by atoms with Gasteiger partial charge in [0, 0.05) is 24.9 Å². The molecule has 0 spiro atoms. The Hall–Kier alpha value is 0.180. The van der Waals surface area contributed by atoms with Crippen LogP contribution in [0.5, 0.6) is 0 Å². The predicted molar refractivity (Wildman–Crippen MR) is 77.9 cm³/mol. The molecule has 1 fully saturated rings. The zero-order chi connectivity index (χ0) is 13.6. The molecular formula is C11H25N3O2S2. The largest absolute Gasteiger partial charge is 0.330 e. The summed E-state index contributed by atoms with van der Waals surface area (Å²) in [6.07, 6.45) is 4.65. The lowest BCUT2D eigenvalue weighted by atomic mass is 9.99. The Morgan fingerprint density at radius 1 is 1.44 bits per heavy atom. The van der Waals surface area contributed by atoms with Crippen molar-refractivity contribution in [1.82, 2.24) is 9.03 Å². The van der Waals surface area contributed by atoms with Crippen molar-refractivity contribution in [2.24, 2.45) is 11.7 Å². The number of nitrogens with one attached hydrogen (secondary N) is 1. The molecule has 1 saturated heterocycles. The zero-order valence-electron chi connectivity index (χ0n) is 11.3. The molecule has 0 radical (unpaired) electrons. The van der Waals surface area contributed by atoms with Crippen LogP contribution in [0.3, 0.4) is 0 Å². The van der Waals surface area contributed by atoms with Crippen LogP contribution in [-0.4, -0.2) is 50.4 Å². The van der Waals surface area contributed by atoms with E-state index in [-0.39, 0.29) is 0 Å². The first-order valence-corrected chi connectivity index (χ1v) is 9.20. The molecular weight excluding hydrogens is 270 g/mol. The van der Waals surface area contributed by atoms with Crippen LogP contribution in [-0.2, 0) is 10.2 Å². The standard InChI is InChI=1S/C11H25N3O2S2/c1-10(17-2)3-6-13-18(15,16)14-7-4-11(9-12)5-8-14/h10-11,13H,3-9,12H2,1-2H3. The third-order valence-electron chi connectivity index (χ3n) is 3.48. The van der Waals surface area contributed by atoms with Crippen LogP contribution in [0, 0.1) is 5.92 Å². The minimum Gasteiger partial charge on any atom is -0.330 e. The van der Waals surface area contributed by atoms with Crippen LogP contribution in [0.25, 0.3) is 0 Å². The van der Waals surface area contributed by atoms with Gasteiger partial charge in [-0.15, -0.1) is 0 Å². The third-order valence-corrected chi connectivity index (χ3v) is 6.14. The number of rotatable bonds is 7. The Kier molecular flexibility index (Phi) is 6.94. The fourth-order valence-electron chi connectivity index (χ4n) is 1.99. The first kappa shape index (κ1) is 16.2. The van der Waals surface area contributed by atoms with Crippen molar-refractivity contribution in [3.63, 3.8) is 0 Å². The first-order chi connectivity index (χ1) is 8.49. The van der Waals surface area contributed by atoms with Gasteiger partial charge in [0.25, 0.3) is 10.2 Å². The van der Waals surface area contributed by atoms with Crippen molar-refractivity contribution in [1.29, 1.82) is 0 Å². The molecule has 7 heteroatoms. The van der Waals surface area contributed by atoms with Gasteiger partial charge < -0.3 is 5.73 Å². The minimum absolute atomic E-state index is 0.480. The number of nitrogens with zero attached hydrogens (tertiary/aromatic N) is 1. The maximum atomic E-state index is 12.0. The number of piperidine rings is 1. The Labute approximate surface area is 115 Å². The zero-order valence-corrected chi connectivity index (χ0v) is 12.9. The van der Waals surface area contributed by atoms with Gasteiger partial charge in [0.15, 0.2) is 0 Å². The molecule has 1 unspecified atom stereocenters. The molecule has 0 aromatic heterocycles. The van der Waals surface area contributed by atoms with Gasteiger partial charge in [0.2, 0.25) is 0 Å². The SMILES string of the molecule is CSC(C)CCNS(=O)(=O)N1CCC(CN)CC1. The lowest BCUT2D eigenvalue weighted by molar-refractivity contribution is 0.276. The molecule has 1 aliphatic rings. The molecule has 3 N–H and O–H groups in total. The van der Waals surface area contributed by atoms with Crippen molar-refractivity contribution < 1.29 is 8.42 Å². The van der Waals surface area contributed by atoms with Crippen molar-refractivity contribution in [3.05, 3.63) is 0 Å². The van der Waals surface area contributed by atoms with Crippen LogP contribution in [0.15, 0.2) is 0 Å². The van der Waals surface area contributed by atoms with Gasteiger partial charge in [0.05, 0.1) is 0 Å². The van der Waals surface area contributed by atoms with Gasteiger partial charge in [-0.05, 0) is 38.0 Å². The molecule has 1 atom stereocenters. The summed E-state index contributed by atoms with van der Waals surface area (Å²) in [7, 11) is -3.29. The molecule has 0 amide bonds. The number of nitrogens with two attached hydrogens (primary N) is 1. The smallest absolute Gasteiger partial charge is 0.279 e. The Morgan fingerprint density at radius 2 is 2.06 bits per heavy atom. The van der Waals surface area contributed by atoms with E-state index in [9.17, 15) is 8.42 Å². The molecule has 1 aliphatic heterocycles. The van der Waals surface area contributed by atoms with Gasteiger partial charge >= 0.3 is 0 Å². The van der Waals surface area contributed by atoms with Crippen molar-refractivity contribution >= 4 is 22.0 Å². The highest BCUT2D eigenvalue weighted by molar-refractivity contribution is 7.99. The fourth-order valence-corrected chi connectivity index (χ4v) is 3.59. The summed E-state index contributed by atoms with van der Waals surface area (Å²) < 4.78 is 28.3.